The summed E-state index contributed by atoms with van der Waals surface area (Å²) in [5.74, 6) is 0.0292. The molecule has 4 aromatic carbocycles. The second kappa shape index (κ2) is 16.0. The van der Waals surface area contributed by atoms with E-state index in [1.54, 1.807) is 24.1 Å². The van der Waals surface area contributed by atoms with E-state index in [2.05, 4.69) is 10.6 Å². The molecule has 3 N–H and O–H groups in total. The summed E-state index contributed by atoms with van der Waals surface area (Å²) in [6.07, 6.45) is 1.11. The van der Waals surface area contributed by atoms with E-state index < -0.39 is 6.10 Å². The van der Waals surface area contributed by atoms with E-state index in [1.165, 1.54) is 0 Å². The molecule has 1 aliphatic rings. The highest BCUT2D eigenvalue weighted by atomic mass is 16.5. The van der Waals surface area contributed by atoms with E-state index in [9.17, 15) is 19.5 Å². The van der Waals surface area contributed by atoms with Gasteiger partial charge in [0, 0.05) is 48.8 Å². The van der Waals surface area contributed by atoms with Crippen molar-refractivity contribution in [2.75, 3.05) is 38.2 Å². The zero-order chi connectivity index (χ0) is 32.3. The van der Waals surface area contributed by atoms with Crippen molar-refractivity contribution < 1.29 is 24.2 Å². The van der Waals surface area contributed by atoms with Crippen molar-refractivity contribution in [3.63, 3.8) is 0 Å². The number of amides is 2. The minimum Gasteiger partial charge on any atom is -0.497 e. The number of aliphatic hydroxyl groups is 1. The third-order valence-electron chi connectivity index (χ3n) is 8.42. The molecule has 0 spiro atoms. The number of nitrogens with zero attached hydrogens (tertiary/aromatic N) is 1. The Balaban J connectivity index is 1.03. The van der Waals surface area contributed by atoms with Gasteiger partial charge in [-0.3, -0.25) is 14.4 Å². The van der Waals surface area contributed by atoms with Crippen LogP contribution in [0.25, 0.3) is 0 Å². The second-order valence-electron chi connectivity index (χ2n) is 11.5. The molecule has 0 bridgehead atoms. The number of aryl methyl sites for hydroxylation is 1. The molecule has 0 fully saturated rings. The first kappa shape index (κ1) is 32.6. The highest BCUT2D eigenvalue weighted by Crippen LogP contribution is 2.35. The summed E-state index contributed by atoms with van der Waals surface area (Å²) < 4.78 is 5.27. The number of para-hydroxylation sites is 1. The molecule has 0 saturated carbocycles. The molecule has 8 heteroatoms. The van der Waals surface area contributed by atoms with Crippen LogP contribution in [0.15, 0.2) is 103 Å². The van der Waals surface area contributed by atoms with E-state index in [1.807, 2.05) is 91.0 Å². The first-order chi connectivity index (χ1) is 22.4. The monoisotopic (exact) mass is 619 g/mol. The summed E-state index contributed by atoms with van der Waals surface area (Å²) in [4.78, 5) is 40.1. The van der Waals surface area contributed by atoms with E-state index in [-0.39, 0.29) is 23.5 Å². The lowest BCUT2D eigenvalue weighted by molar-refractivity contribution is -0.127. The van der Waals surface area contributed by atoms with Crippen LogP contribution in [-0.4, -0.2) is 62.1 Å². The van der Waals surface area contributed by atoms with Crippen molar-refractivity contribution in [2.24, 2.45) is 0 Å². The number of benzene rings is 4. The van der Waals surface area contributed by atoms with Crippen LogP contribution in [0.5, 0.6) is 5.75 Å². The first-order valence-corrected chi connectivity index (χ1v) is 15.8. The summed E-state index contributed by atoms with van der Waals surface area (Å²) in [6, 6.07) is 32.0. The summed E-state index contributed by atoms with van der Waals surface area (Å²) in [6.45, 7) is 2.20. The molecular weight excluding hydrogens is 578 g/mol. The molecule has 46 heavy (non-hydrogen) atoms. The van der Waals surface area contributed by atoms with Gasteiger partial charge in [0.2, 0.25) is 5.91 Å². The van der Waals surface area contributed by atoms with Crippen LogP contribution in [-0.2, 0) is 22.4 Å². The Hall–Kier alpha value is -4.79. The number of methoxy groups -OCH3 is 1. The van der Waals surface area contributed by atoms with E-state index in [4.69, 9.17) is 4.74 Å². The lowest BCUT2D eigenvalue weighted by Crippen LogP contribution is -2.44. The highest BCUT2D eigenvalue weighted by Gasteiger charge is 2.36. The third-order valence-corrected chi connectivity index (χ3v) is 8.42. The molecule has 0 unspecified atom stereocenters. The largest absolute Gasteiger partial charge is 0.497 e. The van der Waals surface area contributed by atoms with Gasteiger partial charge >= 0.3 is 0 Å². The maximum Gasteiger partial charge on any atom is 0.256 e. The number of hydrogen-bond donors (Lipinski definition) is 3. The van der Waals surface area contributed by atoms with Crippen LogP contribution in [0.3, 0.4) is 0 Å². The van der Waals surface area contributed by atoms with Gasteiger partial charge in [0.15, 0.2) is 5.78 Å². The maximum atomic E-state index is 13.5. The molecule has 0 aromatic heterocycles. The molecule has 1 aliphatic heterocycles. The third kappa shape index (κ3) is 8.27. The zero-order valence-electron chi connectivity index (χ0n) is 26.2. The first-order valence-electron chi connectivity index (χ1n) is 15.8. The number of fused-ring (bicyclic) bond motifs is 1. The summed E-state index contributed by atoms with van der Waals surface area (Å²) in [7, 11) is 1.61. The van der Waals surface area contributed by atoms with Crippen molar-refractivity contribution >= 4 is 23.3 Å². The number of carbonyl (C=O) groups excluding carboxylic acids is 3. The molecule has 0 radical (unpaired) electrons. The van der Waals surface area contributed by atoms with Crippen molar-refractivity contribution in [3.8, 4) is 5.75 Å². The molecule has 0 saturated heterocycles. The fourth-order valence-electron chi connectivity index (χ4n) is 5.81. The molecular formula is C38H41N3O5. The Labute approximate surface area is 270 Å². The summed E-state index contributed by atoms with van der Waals surface area (Å²) in [5, 5.41) is 17.5. The number of ketones is 1. The molecule has 0 aliphatic carbocycles. The van der Waals surface area contributed by atoms with Crippen LogP contribution in [0.1, 0.15) is 51.4 Å². The molecule has 5 rings (SSSR count). The Morgan fingerprint density at radius 1 is 0.848 bits per heavy atom. The van der Waals surface area contributed by atoms with Gasteiger partial charge in [0.1, 0.15) is 11.9 Å². The number of hydrogen-bond acceptors (Lipinski definition) is 6. The maximum absolute atomic E-state index is 13.5. The predicted molar refractivity (Wildman–Crippen MR) is 179 cm³/mol. The van der Waals surface area contributed by atoms with Gasteiger partial charge in [-0.2, -0.15) is 0 Å². The standard InChI is InChI=1S/C38H41N3O5/c1-46-32-19-17-28(18-20-32)33-26-31-10-5-6-11-34(31)41(38(45)37(33)44)25-24-39-22-7-23-40-35(42)21-14-27-12-15-30(16-13-27)36(43)29-8-3-2-4-9-29/h2-6,8-13,15-20,33,37,39,44H,7,14,21-26H2,1H3,(H,40,42)/t33-,37+/m0/s1. The fourth-order valence-corrected chi connectivity index (χ4v) is 5.81. The Morgan fingerprint density at radius 2 is 1.54 bits per heavy atom. The zero-order valence-corrected chi connectivity index (χ0v) is 26.2. The molecule has 2 amide bonds. The lowest BCUT2D eigenvalue weighted by Gasteiger charge is -2.26. The second-order valence-corrected chi connectivity index (χ2v) is 11.5. The average molecular weight is 620 g/mol. The van der Waals surface area contributed by atoms with E-state index >= 15 is 0 Å². The van der Waals surface area contributed by atoms with Crippen molar-refractivity contribution in [1.82, 2.24) is 10.6 Å². The number of ether oxygens (including phenoxy) is 1. The van der Waals surface area contributed by atoms with Gasteiger partial charge < -0.3 is 25.4 Å². The van der Waals surface area contributed by atoms with Gasteiger partial charge in [-0.15, -0.1) is 0 Å². The lowest BCUT2D eigenvalue weighted by atomic mass is 9.88. The molecule has 238 valence electrons. The molecule has 2 atom stereocenters. The number of anilines is 1. The number of aliphatic hydroxyl groups excluding tert-OH is 1. The van der Waals surface area contributed by atoms with Crippen LogP contribution in [0.2, 0.25) is 0 Å². The highest BCUT2D eigenvalue weighted by molar-refractivity contribution is 6.09. The Kier molecular flexibility index (Phi) is 11.3. The quantitative estimate of drug-likeness (QED) is 0.140. The van der Waals surface area contributed by atoms with Gasteiger partial charge in [-0.1, -0.05) is 84.9 Å². The predicted octanol–water partition coefficient (Wildman–Crippen LogP) is 4.69. The number of carbonyl (C=O) groups is 3. The van der Waals surface area contributed by atoms with Gasteiger partial charge in [-0.05, 0) is 60.7 Å². The normalized spacial score (nSPS) is 16.0. The van der Waals surface area contributed by atoms with E-state index in [0.29, 0.717) is 56.6 Å². The van der Waals surface area contributed by atoms with Crippen LogP contribution in [0.4, 0.5) is 5.69 Å². The van der Waals surface area contributed by atoms with Crippen molar-refractivity contribution in [1.29, 1.82) is 0 Å². The minimum atomic E-state index is -1.16. The van der Waals surface area contributed by atoms with Crippen LogP contribution >= 0.6 is 0 Å². The van der Waals surface area contributed by atoms with Crippen molar-refractivity contribution in [3.05, 3.63) is 131 Å². The number of nitrogens with one attached hydrogen (secondary N) is 2. The van der Waals surface area contributed by atoms with Gasteiger partial charge in [0.05, 0.1) is 7.11 Å². The molecule has 8 nitrogen and oxygen atoms in total. The average Bonchev–Trinajstić information content (AvgIpc) is 3.21. The molecule has 4 aromatic rings. The van der Waals surface area contributed by atoms with E-state index in [0.717, 1.165) is 34.5 Å². The summed E-state index contributed by atoms with van der Waals surface area (Å²) >= 11 is 0. The van der Waals surface area contributed by atoms with Crippen LogP contribution < -0.4 is 20.3 Å². The van der Waals surface area contributed by atoms with Gasteiger partial charge in [0.25, 0.3) is 5.91 Å². The fraction of sp³-hybridized carbons (Fsp3) is 0.289. The van der Waals surface area contributed by atoms with Gasteiger partial charge in [-0.25, -0.2) is 0 Å². The Morgan fingerprint density at radius 3 is 2.28 bits per heavy atom. The SMILES string of the molecule is COc1ccc([C@@H]2Cc3ccccc3N(CCNCCCNC(=O)CCc3ccc(C(=O)c4ccccc4)cc3)C(=O)[C@@H]2O)cc1. The smallest absolute Gasteiger partial charge is 0.256 e. The topological polar surface area (TPSA) is 108 Å². The van der Waals surface area contributed by atoms with Crippen LogP contribution in [0, 0.1) is 0 Å². The summed E-state index contributed by atoms with van der Waals surface area (Å²) in [5.41, 5.74) is 5.03. The Bertz CT molecular complexity index is 1610. The van der Waals surface area contributed by atoms with Crippen molar-refractivity contribution in [2.45, 2.75) is 37.7 Å². The molecule has 1 heterocycles. The minimum absolute atomic E-state index is 0.0164. The number of rotatable bonds is 14.